The van der Waals surface area contributed by atoms with Crippen molar-refractivity contribution in [3.8, 4) is 5.75 Å². The number of nitrogens with zero attached hydrogens (tertiary/aromatic N) is 3. The van der Waals surface area contributed by atoms with Gasteiger partial charge in [-0.25, -0.2) is 8.42 Å². The zero-order chi connectivity index (χ0) is 19.3. The number of aryl methyl sites for hydroxylation is 1. The molecule has 2 N–H and O–H groups in total. The van der Waals surface area contributed by atoms with Gasteiger partial charge < -0.3 is 10.1 Å². The molecule has 0 bridgehead atoms. The van der Waals surface area contributed by atoms with E-state index in [1.54, 1.807) is 43.6 Å². The minimum Gasteiger partial charge on any atom is -0.496 e. The van der Waals surface area contributed by atoms with Crippen LogP contribution in [-0.2, 0) is 16.6 Å². The van der Waals surface area contributed by atoms with Crippen molar-refractivity contribution in [2.24, 2.45) is 0 Å². The van der Waals surface area contributed by atoms with Crippen LogP contribution >= 0.6 is 0 Å². The van der Waals surface area contributed by atoms with Gasteiger partial charge in [0.05, 0.1) is 12.0 Å². The van der Waals surface area contributed by atoms with Gasteiger partial charge in [-0.3, -0.25) is 9.71 Å². The van der Waals surface area contributed by atoms with Crippen LogP contribution in [0.1, 0.15) is 11.1 Å². The van der Waals surface area contributed by atoms with Crippen molar-refractivity contribution < 1.29 is 13.2 Å². The van der Waals surface area contributed by atoms with Crippen molar-refractivity contribution in [1.29, 1.82) is 0 Å². The Balaban J connectivity index is 1.67. The van der Waals surface area contributed by atoms with Crippen LogP contribution in [0.2, 0.25) is 0 Å². The van der Waals surface area contributed by atoms with Crippen LogP contribution in [0.4, 0.5) is 11.6 Å². The van der Waals surface area contributed by atoms with Crippen molar-refractivity contribution >= 4 is 21.7 Å². The highest BCUT2D eigenvalue weighted by Gasteiger charge is 2.16. The number of aromatic nitrogens is 3. The summed E-state index contributed by atoms with van der Waals surface area (Å²) in [6.07, 6.45) is 3.45. The van der Waals surface area contributed by atoms with Crippen molar-refractivity contribution in [2.45, 2.75) is 18.4 Å². The Bertz CT molecular complexity index is 1010. The van der Waals surface area contributed by atoms with E-state index in [1.807, 2.05) is 12.1 Å². The summed E-state index contributed by atoms with van der Waals surface area (Å²) in [4.78, 5) is 4.16. The molecule has 0 saturated heterocycles. The first-order valence-corrected chi connectivity index (χ1v) is 9.60. The minimum atomic E-state index is -3.77. The third-order valence-electron chi connectivity index (χ3n) is 3.78. The molecule has 3 aromatic rings. The van der Waals surface area contributed by atoms with Crippen LogP contribution in [0.25, 0.3) is 0 Å². The van der Waals surface area contributed by atoms with Crippen molar-refractivity contribution in [2.75, 3.05) is 17.1 Å². The molecule has 0 amide bonds. The Morgan fingerprint density at radius 3 is 2.48 bits per heavy atom. The van der Waals surface area contributed by atoms with Crippen LogP contribution in [-0.4, -0.2) is 30.7 Å². The number of hydrogen-bond donors (Lipinski definition) is 2. The number of pyridine rings is 1. The third kappa shape index (κ3) is 4.70. The molecule has 0 unspecified atom stereocenters. The maximum Gasteiger partial charge on any atom is 0.263 e. The quantitative estimate of drug-likeness (QED) is 0.644. The van der Waals surface area contributed by atoms with Crippen LogP contribution in [0.3, 0.4) is 0 Å². The molecule has 0 aliphatic heterocycles. The number of nitrogens with one attached hydrogen (secondary N) is 2. The van der Waals surface area contributed by atoms with Gasteiger partial charge in [-0.2, -0.15) is 0 Å². The van der Waals surface area contributed by atoms with E-state index in [4.69, 9.17) is 4.74 Å². The normalized spacial score (nSPS) is 11.0. The zero-order valence-corrected chi connectivity index (χ0v) is 15.7. The summed E-state index contributed by atoms with van der Waals surface area (Å²) in [6.45, 7) is 2.32. The van der Waals surface area contributed by atoms with E-state index in [0.29, 0.717) is 18.1 Å². The number of methoxy groups -OCH3 is 1. The molecule has 0 atom stereocenters. The lowest BCUT2D eigenvalue weighted by atomic mass is 10.2. The topological polar surface area (TPSA) is 106 Å². The molecule has 27 heavy (non-hydrogen) atoms. The van der Waals surface area contributed by atoms with Gasteiger partial charge in [0.25, 0.3) is 10.0 Å². The molecule has 0 aliphatic carbocycles. The number of hydrogen-bond acceptors (Lipinski definition) is 7. The third-order valence-corrected chi connectivity index (χ3v) is 5.13. The largest absolute Gasteiger partial charge is 0.496 e. The van der Waals surface area contributed by atoms with Gasteiger partial charge in [-0.05, 0) is 54.4 Å². The molecule has 2 aromatic heterocycles. The van der Waals surface area contributed by atoms with Crippen molar-refractivity contribution in [3.05, 3.63) is 66.0 Å². The Hall–Kier alpha value is -3.20. The highest BCUT2D eigenvalue weighted by Crippen LogP contribution is 2.22. The average Bonchev–Trinajstić information content (AvgIpc) is 2.68. The predicted octanol–water partition coefficient (Wildman–Crippen LogP) is 2.60. The summed E-state index contributed by atoms with van der Waals surface area (Å²) >= 11 is 0. The summed E-state index contributed by atoms with van der Waals surface area (Å²) in [5.41, 5.74) is 1.72. The Kier molecular flexibility index (Phi) is 5.51. The van der Waals surface area contributed by atoms with E-state index in [2.05, 4.69) is 25.2 Å². The molecule has 0 radical (unpaired) electrons. The summed E-state index contributed by atoms with van der Waals surface area (Å²) < 4.78 is 32.6. The summed E-state index contributed by atoms with van der Waals surface area (Å²) in [7, 11) is -2.23. The number of anilines is 2. The molecule has 0 saturated carbocycles. The van der Waals surface area contributed by atoms with E-state index >= 15 is 0 Å². The van der Waals surface area contributed by atoms with Gasteiger partial charge in [-0.1, -0.05) is 6.07 Å². The Labute approximate surface area is 157 Å². The van der Waals surface area contributed by atoms with Crippen LogP contribution < -0.4 is 14.8 Å². The smallest absolute Gasteiger partial charge is 0.263 e. The lowest BCUT2D eigenvalue weighted by Crippen LogP contribution is -2.15. The molecule has 9 heteroatoms. The Morgan fingerprint density at radius 2 is 1.85 bits per heavy atom. The predicted molar refractivity (Wildman–Crippen MR) is 102 cm³/mol. The van der Waals surface area contributed by atoms with Gasteiger partial charge in [0.1, 0.15) is 11.6 Å². The summed E-state index contributed by atoms with van der Waals surface area (Å²) in [5.74, 6) is 1.29. The number of sulfonamides is 1. The molecular weight excluding hydrogens is 366 g/mol. The Morgan fingerprint density at radius 1 is 1.07 bits per heavy atom. The van der Waals surface area contributed by atoms with E-state index in [9.17, 15) is 8.42 Å². The standard InChI is InChI=1S/C18H19N5O3S/c1-13-10-15(5-6-16(13)26-2)27(24,25)23-18-8-7-17(21-22-18)20-12-14-4-3-9-19-11-14/h3-11H,12H2,1-2H3,(H,20,21)(H,22,23). The highest BCUT2D eigenvalue weighted by molar-refractivity contribution is 7.92. The summed E-state index contributed by atoms with van der Waals surface area (Å²) in [6, 6.07) is 11.6. The number of rotatable bonds is 7. The number of ether oxygens (including phenoxy) is 1. The molecule has 1 aromatic carbocycles. The van der Waals surface area contributed by atoms with Crippen molar-refractivity contribution in [3.63, 3.8) is 0 Å². The zero-order valence-electron chi connectivity index (χ0n) is 14.9. The SMILES string of the molecule is COc1ccc(S(=O)(=O)Nc2ccc(NCc3cccnc3)nn2)cc1C. The molecule has 0 aliphatic rings. The molecule has 3 rings (SSSR count). The van der Waals surface area contributed by atoms with Crippen LogP contribution in [0.15, 0.2) is 59.8 Å². The van der Waals surface area contributed by atoms with E-state index in [1.165, 1.54) is 13.2 Å². The molecule has 0 spiro atoms. The fourth-order valence-corrected chi connectivity index (χ4v) is 3.47. The second-order valence-electron chi connectivity index (χ2n) is 5.76. The summed E-state index contributed by atoms with van der Waals surface area (Å²) in [5, 5.41) is 11.0. The van der Waals surface area contributed by atoms with Crippen LogP contribution in [0, 0.1) is 6.92 Å². The highest BCUT2D eigenvalue weighted by atomic mass is 32.2. The minimum absolute atomic E-state index is 0.126. The first kappa shape index (κ1) is 18.6. The first-order chi connectivity index (χ1) is 13.0. The molecule has 140 valence electrons. The monoisotopic (exact) mass is 385 g/mol. The molecule has 8 nitrogen and oxygen atoms in total. The molecule has 2 heterocycles. The van der Waals surface area contributed by atoms with Gasteiger partial charge in [-0.15, -0.1) is 10.2 Å². The fourth-order valence-electron chi connectivity index (χ4n) is 2.39. The van der Waals surface area contributed by atoms with Crippen LogP contribution in [0.5, 0.6) is 5.75 Å². The van der Waals surface area contributed by atoms with Crippen molar-refractivity contribution in [1.82, 2.24) is 15.2 Å². The van der Waals surface area contributed by atoms with Gasteiger partial charge in [0.2, 0.25) is 0 Å². The average molecular weight is 385 g/mol. The first-order valence-electron chi connectivity index (χ1n) is 8.12. The fraction of sp³-hybridized carbons (Fsp3) is 0.167. The molecular formula is C18H19N5O3S. The van der Waals surface area contributed by atoms with E-state index < -0.39 is 10.0 Å². The van der Waals surface area contributed by atoms with Gasteiger partial charge in [0, 0.05) is 18.9 Å². The van der Waals surface area contributed by atoms with Gasteiger partial charge in [0.15, 0.2) is 5.82 Å². The lowest BCUT2D eigenvalue weighted by molar-refractivity contribution is 0.411. The maximum atomic E-state index is 12.5. The lowest BCUT2D eigenvalue weighted by Gasteiger charge is -2.10. The van der Waals surface area contributed by atoms with E-state index in [0.717, 1.165) is 11.1 Å². The maximum absolute atomic E-state index is 12.5. The second kappa shape index (κ2) is 8.00. The van der Waals surface area contributed by atoms with E-state index in [-0.39, 0.29) is 10.7 Å². The molecule has 0 fully saturated rings. The van der Waals surface area contributed by atoms with Gasteiger partial charge >= 0.3 is 0 Å². The number of benzene rings is 1. The second-order valence-corrected chi connectivity index (χ2v) is 7.44.